The predicted octanol–water partition coefficient (Wildman–Crippen LogP) is 4.49. The van der Waals surface area contributed by atoms with Gasteiger partial charge < -0.3 is 0 Å². The summed E-state index contributed by atoms with van der Waals surface area (Å²) in [5, 5.41) is 2.27. The third-order valence-electron chi connectivity index (χ3n) is 2.84. The van der Waals surface area contributed by atoms with E-state index in [0.717, 1.165) is 0 Å². The van der Waals surface area contributed by atoms with Crippen molar-refractivity contribution in [3.63, 3.8) is 0 Å². The lowest BCUT2D eigenvalue weighted by molar-refractivity contribution is 0.0986. The van der Waals surface area contributed by atoms with Gasteiger partial charge in [0.15, 0.2) is 15.6 Å². The highest BCUT2D eigenvalue weighted by atomic mass is 35.5. The normalized spacial score (nSPS) is 11.5. The highest BCUT2D eigenvalue weighted by Gasteiger charge is 2.19. The van der Waals surface area contributed by atoms with Crippen molar-refractivity contribution in [3.8, 4) is 0 Å². The van der Waals surface area contributed by atoms with E-state index in [9.17, 15) is 13.2 Å². The third-order valence-corrected chi connectivity index (χ3v) is 6.26. The maximum atomic E-state index is 12.2. The van der Waals surface area contributed by atoms with Gasteiger partial charge in [0.25, 0.3) is 0 Å². The zero-order valence-electron chi connectivity index (χ0n) is 10.9. The van der Waals surface area contributed by atoms with Gasteiger partial charge in [0.2, 0.25) is 0 Å². The molecule has 0 unspecified atom stereocenters. The van der Waals surface area contributed by atoms with Crippen LogP contribution in [0.5, 0.6) is 0 Å². The van der Waals surface area contributed by atoms with Crippen LogP contribution in [0.3, 0.4) is 0 Å². The second-order valence-corrected chi connectivity index (χ2v) is 8.27. The average molecular weight is 363 g/mol. The van der Waals surface area contributed by atoms with Crippen LogP contribution >= 0.6 is 34.5 Å². The van der Waals surface area contributed by atoms with E-state index in [2.05, 4.69) is 0 Å². The van der Waals surface area contributed by atoms with Gasteiger partial charge in [-0.05, 0) is 36.1 Å². The molecular formula is C14H12Cl2O3S2. The summed E-state index contributed by atoms with van der Waals surface area (Å²) >= 11 is 13.1. The predicted molar refractivity (Wildman–Crippen MR) is 86.4 cm³/mol. The number of hydrogen-bond acceptors (Lipinski definition) is 4. The lowest BCUT2D eigenvalue weighted by Crippen LogP contribution is -2.09. The van der Waals surface area contributed by atoms with E-state index in [4.69, 9.17) is 23.2 Å². The van der Waals surface area contributed by atoms with E-state index < -0.39 is 9.84 Å². The summed E-state index contributed by atoms with van der Waals surface area (Å²) in [5.41, 5.74) is 0. The van der Waals surface area contributed by atoms with Crippen LogP contribution in [0.4, 0.5) is 0 Å². The van der Waals surface area contributed by atoms with Crippen LogP contribution in [0, 0.1) is 0 Å². The van der Waals surface area contributed by atoms with Crippen LogP contribution in [0.1, 0.15) is 22.5 Å². The molecule has 0 aliphatic carbocycles. The summed E-state index contributed by atoms with van der Waals surface area (Å²) in [5.74, 6) is -0.179. The molecule has 7 heteroatoms. The molecule has 0 amide bonds. The van der Waals surface area contributed by atoms with Crippen molar-refractivity contribution >= 4 is 50.2 Å². The number of carbonyl (C=O) groups excluding carboxylic acids is 1. The van der Waals surface area contributed by atoms with E-state index in [0.29, 0.717) is 9.90 Å². The van der Waals surface area contributed by atoms with E-state index >= 15 is 0 Å². The fourth-order valence-corrected chi connectivity index (χ4v) is 4.63. The minimum atomic E-state index is -3.54. The summed E-state index contributed by atoms with van der Waals surface area (Å²) in [4.78, 5) is 12.5. The van der Waals surface area contributed by atoms with Crippen molar-refractivity contribution in [2.45, 2.75) is 17.7 Å². The molecular weight excluding hydrogens is 351 g/mol. The van der Waals surface area contributed by atoms with Gasteiger partial charge in [-0.1, -0.05) is 29.3 Å². The topological polar surface area (TPSA) is 51.2 Å². The fourth-order valence-electron chi connectivity index (χ4n) is 1.81. The Morgan fingerprint density at radius 3 is 2.62 bits per heavy atom. The van der Waals surface area contributed by atoms with Gasteiger partial charge in [0.1, 0.15) is 0 Å². The molecule has 0 N–H and O–H groups in total. The number of sulfone groups is 1. The Morgan fingerprint density at radius 2 is 1.95 bits per heavy atom. The Hall–Kier alpha value is -0.880. The Balaban J connectivity index is 2.02. The van der Waals surface area contributed by atoms with Crippen molar-refractivity contribution in [2.75, 3.05) is 5.75 Å². The molecule has 1 aromatic heterocycles. The molecule has 0 aliphatic rings. The van der Waals surface area contributed by atoms with Crippen LogP contribution < -0.4 is 0 Å². The summed E-state index contributed by atoms with van der Waals surface area (Å²) in [6.07, 6.45) is 0.444. The monoisotopic (exact) mass is 362 g/mol. The van der Waals surface area contributed by atoms with Gasteiger partial charge >= 0.3 is 0 Å². The number of hydrogen-bond donors (Lipinski definition) is 0. The van der Waals surface area contributed by atoms with Crippen molar-refractivity contribution in [1.82, 2.24) is 0 Å². The molecule has 1 heterocycles. The van der Waals surface area contributed by atoms with E-state index in [1.54, 1.807) is 12.1 Å². The molecule has 112 valence electrons. The Bertz CT molecular complexity index is 738. The maximum Gasteiger partial charge on any atom is 0.179 e. The van der Waals surface area contributed by atoms with Crippen LogP contribution in [-0.4, -0.2) is 20.0 Å². The third kappa shape index (κ3) is 4.30. The van der Waals surface area contributed by atoms with Gasteiger partial charge in [-0.2, -0.15) is 0 Å². The number of benzene rings is 1. The van der Waals surface area contributed by atoms with Crippen LogP contribution in [-0.2, 0) is 9.84 Å². The van der Waals surface area contributed by atoms with Gasteiger partial charge in [-0.3, -0.25) is 4.79 Å². The molecule has 1 aromatic carbocycles. The number of ketones is 1. The largest absolute Gasteiger partial charge is 0.293 e. The highest BCUT2D eigenvalue weighted by Crippen LogP contribution is 2.26. The van der Waals surface area contributed by atoms with Crippen molar-refractivity contribution in [3.05, 3.63) is 50.6 Å². The molecule has 0 saturated heterocycles. The maximum absolute atomic E-state index is 12.2. The zero-order valence-corrected chi connectivity index (χ0v) is 14.0. The first kappa shape index (κ1) is 16.5. The summed E-state index contributed by atoms with van der Waals surface area (Å²) in [6, 6.07) is 7.84. The van der Waals surface area contributed by atoms with Crippen molar-refractivity contribution < 1.29 is 13.2 Å². The molecule has 0 atom stereocenters. The Labute approximate surface area is 137 Å². The molecule has 0 radical (unpaired) electrons. The van der Waals surface area contributed by atoms with Crippen LogP contribution in [0.15, 0.2) is 40.6 Å². The molecule has 2 aromatic rings. The van der Waals surface area contributed by atoms with Crippen LogP contribution in [0.2, 0.25) is 10.0 Å². The molecule has 0 spiro atoms. The second kappa shape index (κ2) is 6.92. The molecule has 0 saturated carbocycles. The summed E-state index contributed by atoms with van der Waals surface area (Å²) in [7, 11) is -3.54. The number of halogens is 2. The lowest BCUT2D eigenvalue weighted by atomic mass is 10.2. The fraction of sp³-hybridized carbons (Fsp3) is 0.214. The van der Waals surface area contributed by atoms with Crippen molar-refractivity contribution in [2.24, 2.45) is 0 Å². The molecule has 3 nitrogen and oxygen atoms in total. The van der Waals surface area contributed by atoms with Gasteiger partial charge in [0.05, 0.1) is 20.5 Å². The zero-order chi connectivity index (χ0) is 15.5. The molecule has 21 heavy (non-hydrogen) atoms. The number of carbonyl (C=O) groups is 1. The Morgan fingerprint density at radius 1 is 1.19 bits per heavy atom. The summed E-state index contributed by atoms with van der Waals surface area (Å²) < 4.78 is 24.4. The van der Waals surface area contributed by atoms with Gasteiger partial charge in [0, 0.05) is 11.4 Å². The van der Waals surface area contributed by atoms with E-state index in [-0.39, 0.29) is 34.3 Å². The first-order chi connectivity index (χ1) is 9.90. The molecule has 2 rings (SSSR count). The van der Waals surface area contributed by atoms with E-state index in [1.807, 2.05) is 5.38 Å². The van der Waals surface area contributed by atoms with Crippen LogP contribution in [0.25, 0.3) is 0 Å². The standard InChI is InChI=1S/C14H12Cl2O3S2/c15-10-5-6-11(16)14(9-10)21(18,19)8-2-3-12(17)13-4-1-7-20-13/h1,4-7,9H,2-3,8H2. The smallest absolute Gasteiger partial charge is 0.179 e. The minimum absolute atomic E-state index is 0.0141. The number of thiophene rings is 1. The average Bonchev–Trinajstić information content (AvgIpc) is 2.95. The minimum Gasteiger partial charge on any atom is -0.293 e. The van der Waals surface area contributed by atoms with E-state index in [1.165, 1.54) is 29.5 Å². The second-order valence-electron chi connectivity index (χ2n) is 4.40. The Kier molecular flexibility index (Phi) is 5.43. The first-order valence-electron chi connectivity index (χ1n) is 6.14. The first-order valence-corrected chi connectivity index (χ1v) is 9.43. The van der Waals surface area contributed by atoms with Crippen molar-refractivity contribution in [1.29, 1.82) is 0 Å². The van der Waals surface area contributed by atoms with Gasteiger partial charge in [-0.15, -0.1) is 11.3 Å². The highest BCUT2D eigenvalue weighted by molar-refractivity contribution is 7.91. The molecule has 0 bridgehead atoms. The lowest BCUT2D eigenvalue weighted by Gasteiger charge is -2.06. The SMILES string of the molecule is O=C(CCCS(=O)(=O)c1cc(Cl)ccc1Cl)c1cccs1. The molecule has 0 aliphatic heterocycles. The number of rotatable bonds is 6. The number of Topliss-reactive ketones (excluding diaryl/α,β-unsaturated/α-hetero) is 1. The molecule has 0 fully saturated rings. The summed E-state index contributed by atoms with van der Waals surface area (Å²) in [6.45, 7) is 0. The quantitative estimate of drug-likeness (QED) is 0.711. The van der Waals surface area contributed by atoms with Gasteiger partial charge in [-0.25, -0.2) is 8.42 Å².